The number of para-hydroxylation sites is 1. The highest BCUT2D eigenvalue weighted by Crippen LogP contribution is 2.09. The lowest BCUT2D eigenvalue weighted by Crippen LogP contribution is -2.37. The van der Waals surface area contributed by atoms with Crippen molar-refractivity contribution in [1.29, 1.82) is 0 Å². The maximum Gasteiger partial charge on any atom is 0.173 e. The van der Waals surface area contributed by atoms with Crippen LogP contribution in [0, 0.1) is 5.92 Å². The summed E-state index contributed by atoms with van der Waals surface area (Å²) in [6.07, 6.45) is 1.18. The molecule has 0 bridgehead atoms. The predicted octanol–water partition coefficient (Wildman–Crippen LogP) is 3.75. The Morgan fingerprint density at radius 3 is 2.47 bits per heavy atom. The number of nitrogens with one attached hydrogen (secondary N) is 1. The Labute approximate surface area is 110 Å². The molecule has 0 aliphatic heterocycles. The van der Waals surface area contributed by atoms with Crippen molar-refractivity contribution in [1.82, 2.24) is 4.90 Å². The second-order valence-corrected chi connectivity index (χ2v) is 4.73. The Bertz CT molecular complexity index is 337. The van der Waals surface area contributed by atoms with E-state index in [-0.39, 0.29) is 0 Å². The maximum absolute atomic E-state index is 5.44. The third-order valence-electron chi connectivity index (χ3n) is 2.92. The summed E-state index contributed by atoms with van der Waals surface area (Å²) in [5.41, 5.74) is 1.06. The quantitative estimate of drug-likeness (QED) is 0.801. The number of hydrogen-bond donors (Lipinski definition) is 1. The monoisotopic (exact) mass is 250 g/mol. The van der Waals surface area contributed by atoms with Crippen molar-refractivity contribution in [3.63, 3.8) is 0 Å². The van der Waals surface area contributed by atoms with E-state index >= 15 is 0 Å². The molecule has 1 unspecified atom stereocenters. The van der Waals surface area contributed by atoms with Gasteiger partial charge < -0.3 is 10.2 Å². The van der Waals surface area contributed by atoms with Gasteiger partial charge in [0.15, 0.2) is 5.11 Å². The summed E-state index contributed by atoms with van der Waals surface area (Å²) in [7, 11) is 0. The SMILES string of the molecule is CCC(C)CN(CC)C(=S)Nc1ccccc1. The third-order valence-corrected chi connectivity index (χ3v) is 3.28. The van der Waals surface area contributed by atoms with Gasteiger partial charge in [-0.3, -0.25) is 0 Å². The lowest BCUT2D eigenvalue weighted by Gasteiger charge is -2.27. The number of anilines is 1. The minimum atomic E-state index is 0.672. The molecular weight excluding hydrogens is 228 g/mol. The van der Waals surface area contributed by atoms with E-state index in [0.717, 1.165) is 23.9 Å². The standard InChI is InChI=1S/C14H22N2S/c1-4-12(3)11-16(5-2)14(17)15-13-9-7-6-8-10-13/h6-10,12H,4-5,11H2,1-3H3,(H,15,17). The summed E-state index contributed by atoms with van der Waals surface area (Å²) in [6.45, 7) is 8.58. The molecule has 0 aliphatic rings. The van der Waals surface area contributed by atoms with Crippen molar-refractivity contribution < 1.29 is 0 Å². The highest BCUT2D eigenvalue weighted by Gasteiger charge is 2.10. The first kappa shape index (κ1) is 14.0. The summed E-state index contributed by atoms with van der Waals surface area (Å²) in [5.74, 6) is 0.672. The Balaban J connectivity index is 2.55. The molecule has 0 amide bonds. The van der Waals surface area contributed by atoms with E-state index < -0.39 is 0 Å². The van der Waals surface area contributed by atoms with Gasteiger partial charge in [-0.1, -0.05) is 38.5 Å². The zero-order chi connectivity index (χ0) is 12.7. The molecule has 0 fully saturated rings. The van der Waals surface area contributed by atoms with Crippen LogP contribution in [0.2, 0.25) is 0 Å². The van der Waals surface area contributed by atoms with Crippen LogP contribution in [0.3, 0.4) is 0 Å². The first-order chi connectivity index (χ1) is 8.17. The first-order valence-electron chi connectivity index (χ1n) is 6.28. The number of thiocarbonyl (C=S) groups is 1. The van der Waals surface area contributed by atoms with Crippen LogP contribution in [0.15, 0.2) is 30.3 Å². The normalized spacial score (nSPS) is 11.9. The molecule has 0 saturated carbocycles. The predicted molar refractivity (Wildman–Crippen MR) is 79.4 cm³/mol. The van der Waals surface area contributed by atoms with Crippen molar-refractivity contribution >= 4 is 23.0 Å². The zero-order valence-corrected chi connectivity index (χ0v) is 11.8. The van der Waals surface area contributed by atoms with Crippen LogP contribution >= 0.6 is 12.2 Å². The second-order valence-electron chi connectivity index (χ2n) is 4.35. The van der Waals surface area contributed by atoms with Crippen LogP contribution in [0.25, 0.3) is 0 Å². The van der Waals surface area contributed by atoms with Crippen LogP contribution in [0.5, 0.6) is 0 Å². The molecule has 0 radical (unpaired) electrons. The van der Waals surface area contributed by atoms with Gasteiger partial charge in [-0.25, -0.2) is 0 Å². The summed E-state index contributed by atoms with van der Waals surface area (Å²) >= 11 is 5.44. The molecule has 17 heavy (non-hydrogen) atoms. The number of rotatable bonds is 5. The number of benzene rings is 1. The van der Waals surface area contributed by atoms with Crippen molar-refractivity contribution in [2.24, 2.45) is 5.92 Å². The van der Waals surface area contributed by atoms with Gasteiger partial charge in [0.05, 0.1) is 0 Å². The van der Waals surface area contributed by atoms with E-state index in [2.05, 4.69) is 31.0 Å². The molecule has 0 aliphatic carbocycles. The molecule has 1 aromatic rings. The average Bonchev–Trinajstić information content (AvgIpc) is 2.36. The van der Waals surface area contributed by atoms with Gasteiger partial charge in [-0.2, -0.15) is 0 Å². The molecule has 3 heteroatoms. The summed E-state index contributed by atoms with van der Waals surface area (Å²) in [5, 5.41) is 4.10. The fraction of sp³-hybridized carbons (Fsp3) is 0.500. The summed E-state index contributed by atoms with van der Waals surface area (Å²) in [4.78, 5) is 2.22. The van der Waals surface area contributed by atoms with Crippen LogP contribution in [-0.2, 0) is 0 Å². The largest absolute Gasteiger partial charge is 0.349 e. The van der Waals surface area contributed by atoms with Crippen LogP contribution < -0.4 is 5.32 Å². The van der Waals surface area contributed by atoms with Crippen LogP contribution in [0.4, 0.5) is 5.69 Å². The molecule has 0 aromatic heterocycles. The topological polar surface area (TPSA) is 15.3 Å². The third kappa shape index (κ3) is 4.73. The van der Waals surface area contributed by atoms with Crippen molar-refractivity contribution in [2.75, 3.05) is 18.4 Å². The van der Waals surface area contributed by atoms with E-state index in [9.17, 15) is 0 Å². The zero-order valence-electron chi connectivity index (χ0n) is 10.9. The first-order valence-corrected chi connectivity index (χ1v) is 6.69. The second kappa shape index (κ2) is 7.28. The van der Waals surface area contributed by atoms with Crippen LogP contribution in [-0.4, -0.2) is 23.1 Å². The molecule has 1 N–H and O–H groups in total. The lowest BCUT2D eigenvalue weighted by molar-refractivity contribution is 0.363. The fourth-order valence-electron chi connectivity index (χ4n) is 1.58. The highest BCUT2D eigenvalue weighted by atomic mass is 32.1. The molecule has 1 aromatic carbocycles. The summed E-state index contributed by atoms with van der Waals surface area (Å²) < 4.78 is 0. The smallest absolute Gasteiger partial charge is 0.173 e. The number of nitrogens with zero attached hydrogens (tertiary/aromatic N) is 1. The highest BCUT2D eigenvalue weighted by molar-refractivity contribution is 7.80. The molecule has 1 rings (SSSR count). The molecule has 2 nitrogen and oxygen atoms in total. The van der Waals surface area contributed by atoms with Crippen molar-refractivity contribution in [3.8, 4) is 0 Å². The Hall–Kier alpha value is -1.09. The maximum atomic E-state index is 5.44. The van der Waals surface area contributed by atoms with Gasteiger partial charge in [0.25, 0.3) is 0 Å². The Morgan fingerprint density at radius 1 is 1.29 bits per heavy atom. The van der Waals surface area contributed by atoms with Gasteiger partial charge in [0, 0.05) is 18.8 Å². The fourth-order valence-corrected chi connectivity index (χ4v) is 1.91. The van der Waals surface area contributed by atoms with Crippen molar-refractivity contribution in [3.05, 3.63) is 30.3 Å². The molecule has 0 heterocycles. The molecular formula is C14H22N2S. The average molecular weight is 250 g/mol. The lowest BCUT2D eigenvalue weighted by atomic mass is 10.1. The molecule has 1 atom stereocenters. The summed E-state index contributed by atoms with van der Waals surface area (Å²) in [6, 6.07) is 10.1. The van der Waals surface area contributed by atoms with Gasteiger partial charge in [0.1, 0.15) is 0 Å². The van der Waals surface area contributed by atoms with E-state index in [1.807, 2.05) is 30.3 Å². The molecule has 0 saturated heterocycles. The van der Waals surface area contributed by atoms with E-state index in [1.54, 1.807) is 0 Å². The van der Waals surface area contributed by atoms with E-state index in [0.29, 0.717) is 5.92 Å². The van der Waals surface area contributed by atoms with Gasteiger partial charge in [0.2, 0.25) is 0 Å². The molecule has 94 valence electrons. The Kier molecular flexibility index (Phi) is 5.98. The number of hydrogen-bond acceptors (Lipinski definition) is 1. The van der Waals surface area contributed by atoms with E-state index in [4.69, 9.17) is 12.2 Å². The minimum Gasteiger partial charge on any atom is -0.349 e. The van der Waals surface area contributed by atoms with Gasteiger partial charge in [-0.05, 0) is 37.2 Å². The Morgan fingerprint density at radius 2 is 1.94 bits per heavy atom. The van der Waals surface area contributed by atoms with Gasteiger partial charge in [-0.15, -0.1) is 0 Å². The van der Waals surface area contributed by atoms with Crippen molar-refractivity contribution in [2.45, 2.75) is 27.2 Å². The van der Waals surface area contributed by atoms with Gasteiger partial charge >= 0.3 is 0 Å². The van der Waals surface area contributed by atoms with E-state index in [1.165, 1.54) is 6.42 Å². The van der Waals surface area contributed by atoms with Crippen LogP contribution in [0.1, 0.15) is 27.2 Å². The minimum absolute atomic E-state index is 0.672. The molecule has 0 spiro atoms.